The Bertz CT molecular complexity index is 665. The Hall–Kier alpha value is -1.88. The molecule has 2 aliphatic carbocycles. The van der Waals surface area contributed by atoms with Gasteiger partial charge in [-0.05, 0) is 37.3 Å². The number of furan rings is 1. The minimum absolute atomic E-state index is 0.551. The highest BCUT2D eigenvalue weighted by Crippen LogP contribution is 2.47. The second-order valence-electron chi connectivity index (χ2n) is 6.62. The van der Waals surface area contributed by atoms with Crippen molar-refractivity contribution in [3.8, 4) is 0 Å². The van der Waals surface area contributed by atoms with Crippen molar-refractivity contribution in [2.24, 2.45) is 5.92 Å². The molecular formula is C17H21N3O2. The third-order valence-electron chi connectivity index (χ3n) is 4.71. The van der Waals surface area contributed by atoms with E-state index in [2.05, 4.69) is 28.9 Å². The molecule has 2 aliphatic rings. The van der Waals surface area contributed by atoms with Crippen molar-refractivity contribution in [1.29, 1.82) is 0 Å². The summed E-state index contributed by atoms with van der Waals surface area (Å²) in [6.07, 6.45) is 6.81. The smallest absolute Gasteiger partial charge is 0.315 e. The SMILES string of the molecule is C[C@H]1C[C@H]1c1ccc(CN(Cc2nccc[n+]2[O-])C2CC2)o1. The van der Waals surface area contributed by atoms with Crippen LogP contribution in [0.25, 0.3) is 0 Å². The average molecular weight is 299 g/mol. The summed E-state index contributed by atoms with van der Waals surface area (Å²) in [4.78, 5) is 6.50. The van der Waals surface area contributed by atoms with Gasteiger partial charge in [0.05, 0.1) is 12.7 Å². The van der Waals surface area contributed by atoms with Crippen LogP contribution in [0.5, 0.6) is 0 Å². The van der Waals surface area contributed by atoms with Crippen molar-refractivity contribution in [1.82, 2.24) is 9.88 Å². The maximum atomic E-state index is 11.8. The van der Waals surface area contributed by atoms with Gasteiger partial charge in [-0.1, -0.05) is 11.9 Å². The van der Waals surface area contributed by atoms with E-state index in [0.29, 0.717) is 24.3 Å². The zero-order valence-electron chi connectivity index (χ0n) is 12.8. The highest BCUT2D eigenvalue weighted by Gasteiger charge is 2.37. The monoisotopic (exact) mass is 299 g/mol. The summed E-state index contributed by atoms with van der Waals surface area (Å²) in [6, 6.07) is 6.41. The Labute approximate surface area is 130 Å². The largest absolute Gasteiger partial charge is 0.711 e. The van der Waals surface area contributed by atoms with Crippen molar-refractivity contribution < 1.29 is 9.15 Å². The summed E-state index contributed by atoms with van der Waals surface area (Å²) in [7, 11) is 0. The maximum Gasteiger partial charge on any atom is 0.315 e. The van der Waals surface area contributed by atoms with Gasteiger partial charge in [0.1, 0.15) is 24.3 Å². The van der Waals surface area contributed by atoms with E-state index >= 15 is 0 Å². The Kier molecular flexibility index (Phi) is 3.37. The molecule has 5 heteroatoms. The number of nitrogens with zero attached hydrogens (tertiary/aromatic N) is 3. The van der Waals surface area contributed by atoms with Gasteiger partial charge in [-0.2, -0.15) is 0 Å². The molecule has 2 saturated carbocycles. The van der Waals surface area contributed by atoms with Gasteiger partial charge in [-0.3, -0.25) is 4.90 Å². The molecule has 5 nitrogen and oxygen atoms in total. The maximum absolute atomic E-state index is 11.8. The van der Waals surface area contributed by atoms with Gasteiger partial charge >= 0.3 is 5.82 Å². The van der Waals surface area contributed by atoms with Crippen LogP contribution in [0.15, 0.2) is 35.0 Å². The number of rotatable bonds is 6. The van der Waals surface area contributed by atoms with E-state index in [-0.39, 0.29) is 0 Å². The van der Waals surface area contributed by atoms with Crippen LogP contribution in [0.2, 0.25) is 0 Å². The summed E-state index contributed by atoms with van der Waals surface area (Å²) in [5.74, 6) is 4.04. The van der Waals surface area contributed by atoms with Crippen LogP contribution in [0.3, 0.4) is 0 Å². The number of hydrogen-bond acceptors (Lipinski definition) is 4. The Morgan fingerprint density at radius 3 is 2.86 bits per heavy atom. The quantitative estimate of drug-likeness (QED) is 0.608. The second-order valence-corrected chi connectivity index (χ2v) is 6.62. The van der Waals surface area contributed by atoms with Crippen molar-refractivity contribution in [2.75, 3.05) is 0 Å². The molecule has 2 heterocycles. The fraction of sp³-hybridized carbons (Fsp3) is 0.529. The van der Waals surface area contributed by atoms with E-state index in [4.69, 9.17) is 4.42 Å². The molecule has 22 heavy (non-hydrogen) atoms. The fourth-order valence-corrected chi connectivity index (χ4v) is 3.03. The van der Waals surface area contributed by atoms with Crippen LogP contribution in [0.1, 0.15) is 49.4 Å². The molecule has 2 atom stereocenters. The van der Waals surface area contributed by atoms with Crippen LogP contribution in [0, 0.1) is 11.1 Å². The molecular weight excluding hydrogens is 278 g/mol. The molecule has 0 N–H and O–H groups in total. The lowest BCUT2D eigenvalue weighted by Crippen LogP contribution is -2.37. The summed E-state index contributed by atoms with van der Waals surface area (Å²) < 4.78 is 6.86. The summed E-state index contributed by atoms with van der Waals surface area (Å²) in [6.45, 7) is 3.59. The van der Waals surface area contributed by atoms with Crippen LogP contribution >= 0.6 is 0 Å². The third kappa shape index (κ3) is 2.86. The van der Waals surface area contributed by atoms with Crippen molar-refractivity contribution in [2.45, 2.75) is 51.2 Å². The zero-order valence-corrected chi connectivity index (χ0v) is 12.8. The van der Waals surface area contributed by atoms with E-state index in [1.54, 1.807) is 12.3 Å². The molecule has 2 fully saturated rings. The summed E-state index contributed by atoms with van der Waals surface area (Å²) >= 11 is 0. The van der Waals surface area contributed by atoms with Crippen LogP contribution in [0.4, 0.5) is 0 Å². The average Bonchev–Trinajstić information content (AvgIpc) is 3.42. The first-order valence-corrected chi connectivity index (χ1v) is 8.06. The van der Waals surface area contributed by atoms with Gasteiger partial charge in [0.25, 0.3) is 0 Å². The topological polar surface area (TPSA) is 56.2 Å². The standard InChI is InChI=1S/C17H21N3O2/c1-12-9-15(12)16-6-5-14(22-16)10-19(13-3-4-13)11-17-18-7-2-8-20(17)21/h2,5-8,12-13,15H,3-4,9-11H2,1H3/t12-,15+/m0/s1. The second kappa shape index (κ2) is 5.39. The number of aromatic nitrogens is 2. The van der Waals surface area contributed by atoms with Crippen LogP contribution in [-0.2, 0) is 13.1 Å². The van der Waals surface area contributed by atoms with Crippen molar-refractivity contribution >= 4 is 0 Å². The van der Waals surface area contributed by atoms with E-state index < -0.39 is 0 Å². The molecule has 0 aromatic carbocycles. The first-order chi connectivity index (χ1) is 10.7. The van der Waals surface area contributed by atoms with E-state index in [0.717, 1.165) is 28.7 Å². The molecule has 2 aromatic heterocycles. The molecule has 0 radical (unpaired) electrons. The summed E-state index contributed by atoms with van der Waals surface area (Å²) in [5, 5.41) is 11.8. The van der Waals surface area contributed by atoms with Gasteiger partial charge in [0, 0.05) is 18.0 Å². The highest BCUT2D eigenvalue weighted by atomic mass is 16.5. The molecule has 0 unspecified atom stereocenters. The molecule has 0 amide bonds. The minimum atomic E-state index is 0.551. The predicted molar refractivity (Wildman–Crippen MR) is 80.7 cm³/mol. The Balaban J connectivity index is 1.46. The van der Waals surface area contributed by atoms with Crippen molar-refractivity contribution in [3.05, 3.63) is 53.1 Å². The van der Waals surface area contributed by atoms with Gasteiger partial charge in [-0.25, -0.2) is 4.73 Å². The Morgan fingerprint density at radius 1 is 1.36 bits per heavy atom. The van der Waals surface area contributed by atoms with Crippen molar-refractivity contribution in [3.63, 3.8) is 0 Å². The lowest BCUT2D eigenvalue weighted by atomic mass is 10.3. The first-order valence-electron chi connectivity index (χ1n) is 8.06. The third-order valence-corrected chi connectivity index (χ3v) is 4.71. The molecule has 0 aliphatic heterocycles. The lowest BCUT2D eigenvalue weighted by Gasteiger charge is -2.19. The van der Waals surface area contributed by atoms with E-state index in [9.17, 15) is 5.21 Å². The predicted octanol–water partition coefficient (Wildman–Crippen LogP) is 2.60. The Morgan fingerprint density at radius 2 is 2.18 bits per heavy atom. The highest BCUT2D eigenvalue weighted by molar-refractivity contribution is 5.17. The van der Waals surface area contributed by atoms with Gasteiger partial charge in [0.15, 0.2) is 0 Å². The normalized spacial score (nSPS) is 23.9. The molecule has 116 valence electrons. The molecule has 2 aromatic rings. The van der Waals surface area contributed by atoms with Gasteiger partial charge in [-0.15, -0.1) is 0 Å². The zero-order chi connectivity index (χ0) is 15.1. The van der Waals surface area contributed by atoms with E-state index in [1.165, 1.54) is 25.5 Å². The molecule has 0 bridgehead atoms. The summed E-state index contributed by atoms with van der Waals surface area (Å²) in [5.41, 5.74) is 0. The van der Waals surface area contributed by atoms with Crippen LogP contribution in [-0.4, -0.2) is 15.9 Å². The molecule has 0 saturated heterocycles. The fourth-order valence-electron chi connectivity index (χ4n) is 3.03. The molecule has 4 rings (SSSR count). The first kappa shape index (κ1) is 13.8. The van der Waals surface area contributed by atoms with Crippen LogP contribution < -0.4 is 4.73 Å². The van der Waals surface area contributed by atoms with Gasteiger partial charge in [0.2, 0.25) is 0 Å². The van der Waals surface area contributed by atoms with E-state index in [1.807, 2.05) is 0 Å². The number of hydrogen-bond donors (Lipinski definition) is 0. The molecule has 0 spiro atoms. The van der Waals surface area contributed by atoms with Gasteiger partial charge < -0.3 is 9.62 Å². The lowest BCUT2D eigenvalue weighted by molar-refractivity contribution is -0.619. The minimum Gasteiger partial charge on any atom is -0.711 e.